The van der Waals surface area contributed by atoms with Gasteiger partial charge < -0.3 is 15.4 Å². The Morgan fingerprint density at radius 2 is 2.16 bits per heavy atom. The van der Waals surface area contributed by atoms with E-state index in [1.165, 1.54) is 12.8 Å². The van der Waals surface area contributed by atoms with Crippen molar-refractivity contribution < 1.29 is 9.13 Å². The van der Waals surface area contributed by atoms with Crippen molar-refractivity contribution in [2.45, 2.75) is 32.2 Å². The van der Waals surface area contributed by atoms with Crippen molar-refractivity contribution in [3.8, 4) is 5.75 Å². The molecule has 2 rings (SSSR count). The average Bonchev–Trinajstić information content (AvgIpc) is 2.43. The monoisotopic (exact) mass is 266 g/mol. The second-order valence-electron chi connectivity index (χ2n) is 4.93. The lowest BCUT2D eigenvalue weighted by Crippen LogP contribution is -2.40. The number of hydrogen-bond acceptors (Lipinski definition) is 3. The maximum absolute atomic E-state index is 13.7. The fourth-order valence-electron chi connectivity index (χ4n) is 2.42. The first-order valence-electron chi connectivity index (χ1n) is 7.15. The maximum atomic E-state index is 13.7. The minimum Gasteiger partial charge on any atom is -0.491 e. The lowest BCUT2D eigenvalue weighted by molar-refractivity contribution is 0.321. The normalized spacial score (nSPS) is 16.5. The molecule has 0 bridgehead atoms. The Labute approximate surface area is 114 Å². The number of benzene rings is 1. The van der Waals surface area contributed by atoms with E-state index in [1.54, 1.807) is 12.1 Å². The maximum Gasteiger partial charge on any atom is 0.165 e. The largest absolute Gasteiger partial charge is 0.491 e. The molecule has 0 amide bonds. The second-order valence-corrected chi connectivity index (χ2v) is 4.93. The van der Waals surface area contributed by atoms with Gasteiger partial charge in [0.05, 0.1) is 6.61 Å². The molecule has 1 aromatic carbocycles. The molecule has 0 saturated carbocycles. The highest BCUT2D eigenvalue weighted by Crippen LogP contribution is 2.18. The topological polar surface area (TPSA) is 33.3 Å². The summed E-state index contributed by atoms with van der Waals surface area (Å²) in [7, 11) is 0. The molecule has 19 heavy (non-hydrogen) atoms. The van der Waals surface area contributed by atoms with Crippen LogP contribution in [0.2, 0.25) is 0 Å². The fourth-order valence-corrected chi connectivity index (χ4v) is 2.42. The summed E-state index contributed by atoms with van der Waals surface area (Å²) < 4.78 is 18.9. The summed E-state index contributed by atoms with van der Waals surface area (Å²) in [6, 6.07) is 5.85. The number of rotatable bonds is 6. The van der Waals surface area contributed by atoms with Crippen molar-refractivity contribution in [2.75, 3.05) is 26.2 Å². The molecule has 1 fully saturated rings. The highest BCUT2D eigenvalue weighted by molar-refractivity contribution is 5.29. The van der Waals surface area contributed by atoms with Crippen LogP contribution in [0.5, 0.6) is 5.75 Å². The van der Waals surface area contributed by atoms with Gasteiger partial charge in [0, 0.05) is 6.04 Å². The third-order valence-corrected chi connectivity index (χ3v) is 3.48. The van der Waals surface area contributed by atoms with Gasteiger partial charge >= 0.3 is 0 Å². The molecule has 0 aliphatic carbocycles. The molecule has 0 spiro atoms. The summed E-state index contributed by atoms with van der Waals surface area (Å²) in [5, 5.41) is 6.88. The molecule has 1 heterocycles. The molecule has 1 aromatic rings. The number of piperidine rings is 1. The van der Waals surface area contributed by atoms with E-state index in [4.69, 9.17) is 4.74 Å². The molecule has 1 aliphatic heterocycles. The Morgan fingerprint density at radius 1 is 1.37 bits per heavy atom. The van der Waals surface area contributed by atoms with Crippen molar-refractivity contribution in [2.24, 2.45) is 0 Å². The summed E-state index contributed by atoms with van der Waals surface area (Å²) in [4.78, 5) is 0. The zero-order chi connectivity index (χ0) is 13.5. The molecule has 0 aromatic heterocycles. The third kappa shape index (κ3) is 4.48. The van der Waals surface area contributed by atoms with Gasteiger partial charge in [0.15, 0.2) is 11.6 Å². The van der Waals surface area contributed by atoms with E-state index >= 15 is 0 Å². The molecule has 3 nitrogen and oxygen atoms in total. The number of ether oxygens (including phenoxy) is 1. The summed E-state index contributed by atoms with van der Waals surface area (Å²) in [6.07, 6.45) is 3.21. The van der Waals surface area contributed by atoms with Crippen molar-refractivity contribution >= 4 is 0 Å². The van der Waals surface area contributed by atoms with Crippen molar-refractivity contribution in [1.29, 1.82) is 0 Å². The smallest absolute Gasteiger partial charge is 0.165 e. The van der Waals surface area contributed by atoms with Crippen LogP contribution in [0.3, 0.4) is 0 Å². The standard InChI is InChI=1S/C15H23FN2O/c1-2-19-15-4-3-12(11-14(15)16)5-10-18-13-6-8-17-9-7-13/h3-4,11,13,17-18H,2,5-10H2,1H3. The third-order valence-electron chi connectivity index (χ3n) is 3.48. The van der Waals surface area contributed by atoms with E-state index in [0.29, 0.717) is 18.4 Å². The molecule has 4 heteroatoms. The van der Waals surface area contributed by atoms with Gasteiger partial charge in [-0.25, -0.2) is 4.39 Å². The second kappa shape index (κ2) is 7.46. The van der Waals surface area contributed by atoms with Gasteiger partial charge in [0.25, 0.3) is 0 Å². The Kier molecular flexibility index (Phi) is 5.61. The van der Waals surface area contributed by atoms with Gasteiger partial charge in [-0.2, -0.15) is 0 Å². The molecule has 0 atom stereocenters. The van der Waals surface area contributed by atoms with Crippen molar-refractivity contribution in [3.05, 3.63) is 29.6 Å². The van der Waals surface area contributed by atoms with Crippen LogP contribution < -0.4 is 15.4 Å². The molecule has 1 aliphatic rings. The lowest BCUT2D eigenvalue weighted by Gasteiger charge is -2.23. The molecular weight excluding hydrogens is 243 g/mol. The average molecular weight is 266 g/mol. The van der Waals surface area contributed by atoms with Crippen molar-refractivity contribution in [3.63, 3.8) is 0 Å². The predicted octanol–water partition coefficient (Wildman–Crippen LogP) is 2.11. The van der Waals surface area contributed by atoms with Gasteiger partial charge in [0.2, 0.25) is 0 Å². The zero-order valence-corrected chi connectivity index (χ0v) is 11.5. The summed E-state index contributed by atoms with van der Waals surface area (Å²) in [5.41, 5.74) is 1.02. The summed E-state index contributed by atoms with van der Waals surface area (Å²) in [6.45, 7) is 5.44. The Hall–Kier alpha value is -1.13. The highest BCUT2D eigenvalue weighted by atomic mass is 19.1. The molecular formula is C15H23FN2O. The van der Waals surface area contributed by atoms with Crippen LogP contribution in [0.25, 0.3) is 0 Å². The fraction of sp³-hybridized carbons (Fsp3) is 0.600. The Balaban J connectivity index is 1.77. The molecule has 1 saturated heterocycles. The summed E-state index contributed by atoms with van der Waals surface area (Å²) in [5.74, 6) is 0.0822. The van der Waals surface area contributed by atoms with E-state index < -0.39 is 0 Å². The number of hydrogen-bond donors (Lipinski definition) is 2. The molecule has 106 valence electrons. The number of halogens is 1. The van der Waals surface area contributed by atoms with Crippen LogP contribution in [-0.2, 0) is 6.42 Å². The van der Waals surface area contributed by atoms with Gasteiger partial charge in [-0.1, -0.05) is 6.07 Å². The number of nitrogens with one attached hydrogen (secondary N) is 2. The first-order valence-corrected chi connectivity index (χ1v) is 7.15. The zero-order valence-electron chi connectivity index (χ0n) is 11.5. The van der Waals surface area contributed by atoms with Crippen LogP contribution in [0.4, 0.5) is 4.39 Å². The summed E-state index contributed by atoms with van der Waals surface area (Å²) >= 11 is 0. The Morgan fingerprint density at radius 3 is 2.84 bits per heavy atom. The minimum absolute atomic E-state index is 0.263. The van der Waals surface area contributed by atoms with Gasteiger partial charge in [0.1, 0.15) is 0 Å². The van der Waals surface area contributed by atoms with E-state index in [0.717, 1.165) is 31.6 Å². The van der Waals surface area contributed by atoms with Crippen LogP contribution in [0.1, 0.15) is 25.3 Å². The minimum atomic E-state index is -0.263. The van der Waals surface area contributed by atoms with Crippen LogP contribution in [0, 0.1) is 5.82 Å². The van der Waals surface area contributed by atoms with Crippen molar-refractivity contribution in [1.82, 2.24) is 10.6 Å². The Bertz CT molecular complexity index is 392. The van der Waals surface area contributed by atoms with E-state index in [-0.39, 0.29) is 5.82 Å². The van der Waals surface area contributed by atoms with E-state index in [1.807, 2.05) is 13.0 Å². The quantitative estimate of drug-likeness (QED) is 0.827. The van der Waals surface area contributed by atoms with Crippen LogP contribution >= 0.6 is 0 Å². The van der Waals surface area contributed by atoms with Gasteiger partial charge in [-0.3, -0.25) is 0 Å². The van der Waals surface area contributed by atoms with Gasteiger partial charge in [-0.15, -0.1) is 0 Å². The lowest BCUT2D eigenvalue weighted by atomic mass is 10.1. The molecule has 0 unspecified atom stereocenters. The first-order chi connectivity index (χ1) is 9.29. The SMILES string of the molecule is CCOc1ccc(CCNC2CCNCC2)cc1F. The molecule has 2 N–H and O–H groups in total. The van der Waals surface area contributed by atoms with E-state index in [2.05, 4.69) is 10.6 Å². The predicted molar refractivity (Wildman–Crippen MR) is 75.2 cm³/mol. The highest BCUT2D eigenvalue weighted by Gasteiger charge is 2.11. The molecule has 0 radical (unpaired) electrons. The van der Waals surface area contributed by atoms with Crippen LogP contribution in [-0.4, -0.2) is 32.3 Å². The van der Waals surface area contributed by atoms with Gasteiger partial charge in [-0.05, 0) is 63.5 Å². The van der Waals surface area contributed by atoms with Crippen LogP contribution in [0.15, 0.2) is 18.2 Å². The van der Waals surface area contributed by atoms with E-state index in [9.17, 15) is 4.39 Å². The first kappa shape index (κ1) is 14.3.